The van der Waals surface area contributed by atoms with Gasteiger partial charge in [0.25, 0.3) is 11.5 Å². The summed E-state index contributed by atoms with van der Waals surface area (Å²) in [6.45, 7) is 1.75. The molecule has 0 aliphatic rings. The molecule has 0 radical (unpaired) electrons. The Hall–Kier alpha value is -3.65. The number of carbonyl (C=O) groups is 1. The Morgan fingerprint density at radius 2 is 1.80 bits per heavy atom. The minimum absolute atomic E-state index is 0.0538. The van der Waals surface area contributed by atoms with Crippen molar-refractivity contribution in [3.05, 3.63) is 97.1 Å². The third-order valence-corrected chi connectivity index (χ3v) is 4.72. The van der Waals surface area contributed by atoms with Crippen LogP contribution in [0.2, 0.25) is 5.02 Å². The number of aromatic nitrogens is 2. The fraction of sp³-hybridized carbons (Fsp3) is 0.143. The number of hydrogen-bond acceptors (Lipinski definition) is 5. The van der Waals surface area contributed by atoms with Crippen LogP contribution in [-0.2, 0) is 6.54 Å². The van der Waals surface area contributed by atoms with Gasteiger partial charge in [0, 0.05) is 0 Å². The largest absolute Gasteiger partial charge is 0.494 e. The van der Waals surface area contributed by atoms with Gasteiger partial charge in [0.05, 0.1) is 22.8 Å². The van der Waals surface area contributed by atoms with Gasteiger partial charge in [0.15, 0.2) is 0 Å². The van der Waals surface area contributed by atoms with E-state index in [-0.39, 0.29) is 34.8 Å². The molecule has 3 rings (SSSR count). The van der Waals surface area contributed by atoms with Crippen LogP contribution in [0.15, 0.2) is 69.3 Å². The number of H-pyrrole nitrogens is 1. The van der Waals surface area contributed by atoms with Crippen LogP contribution in [0.4, 0.5) is 0 Å². The second kappa shape index (κ2) is 9.23. The van der Waals surface area contributed by atoms with Crippen LogP contribution in [0.5, 0.6) is 5.88 Å². The molecule has 1 amide bonds. The molecule has 0 fully saturated rings. The summed E-state index contributed by atoms with van der Waals surface area (Å²) in [7, 11) is 0. The molecule has 8 nitrogen and oxygen atoms in total. The molecule has 0 aliphatic carbocycles. The maximum atomic E-state index is 12.4. The van der Waals surface area contributed by atoms with E-state index in [1.165, 1.54) is 6.07 Å². The standard InChI is InChI=1S/C21H19ClN4O4/c1-2-16(24-25-18(27)14-10-6-7-11-15(14)22)17-19(28)23-21(30)26(20(17)29)12-13-8-4-3-5-9-13/h3-11,29H,2,12H2,1H3,(H,25,27)(H,23,28,30). The molecule has 0 atom stereocenters. The average molecular weight is 427 g/mol. The third kappa shape index (κ3) is 4.49. The summed E-state index contributed by atoms with van der Waals surface area (Å²) in [5.41, 5.74) is 1.69. The maximum absolute atomic E-state index is 12.4. The Labute approximate surface area is 176 Å². The number of nitrogens with zero attached hydrogens (tertiary/aromatic N) is 2. The molecule has 0 bridgehead atoms. The number of amides is 1. The van der Waals surface area contributed by atoms with Crippen LogP contribution in [0.1, 0.15) is 34.8 Å². The van der Waals surface area contributed by atoms with Gasteiger partial charge in [0.1, 0.15) is 5.56 Å². The molecule has 9 heteroatoms. The van der Waals surface area contributed by atoms with Crippen LogP contribution in [0.3, 0.4) is 0 Å². The van der Waals surface area contributed by atoms with Crippen LogP contribution >= 0.6 is 11.6 Å². The van der Waals surface area contributed by atoms with Crippen LogP contribution in [-0.4, -0.2) is 26.3 Å². The van der Waals surface area contributed by atoms with Crippen molar-refractivity contribution >= 4 is 23.2 Å². The first kappa shape index (κ1) is 21.1. The summed E-state index contributed by atoms with van der Waals surface area (Å²) in [5, 5.41) is 14.9. The zero-order valence-electron chi connectivity index (χ0n) is 16.1. The van der Waals surface area contributed by atoms with E-state index in [0.29, 0.717) is 0 Å². The number of carbonyl (C=O) groups excluding carboxylic acids is 1. The Balaban J connectivity index is 1.98. The van der Waals surface area contributed by atoms with Crippen molar-refractivity contribution in [1.29, 1.82) is 0 Å². The van der Waals surface area contributed by atoms with Gasteiger partial charge >= 0.3 is 5.69 Å². The second-order valence-corrected chi connectivity index (χ2v) is 6.77. The molecule has 0 saturated carbocycles. The monoisotopic (exact) mass is 426 g/mol. The van der Waals surface area contributed by atoms with E-state index in [4.69, 9.17) is 11.6 Å². The minimum Gasteiger partial charge on any atom is -0.494 e. The smallest absolute Gasteiger partial charge is 0.331 e. The van der Waals surface area contributed by atoms with E-state index in [2.05, 4.69) is 15.5 Å². The molecular formula is C21H19ClN4O4. The quantitative estimate of drug-likeness (QED) is 0.414. The molecular weight excluding hydrogens is 408 g/mol. The van der Waals surface area contributed by atoms with Crippen molar-refractivity contribution in [2.24, 2.45) is 5.10 Å². The first-order valence-electron chi connectivity index (χ1n) is 9.14. The molecule has 1 aromatic heterocycles. The lowest BCUT2D eigenvalue weighted by Gasteiger charge is -2.12. The second-order valence-electron chi connectivity index (χ2n) is 6.36. The van der Waals surface area contributed by atoms with Crippen molar-refractivity contribution in [2.75, 3.05) is 0 Å². The van der Waals surface area contributed by atoms with Gasteiger partial charge in [0.2, 0.25) is 5.88 Å². The van der Waals surface area contributed by atoms with Crippen LogP contribution in [0, 0.1) is 0 Å². The molecule has 0 spiro atoms. The summed E-state index contributed by atoms with van der Waals surface area (Å²) in [6.07, 6.45) is 0.211. The van der Waals surface area contributed by atoms with E-state index in [0.717, 1.165) is 10.1 Å². The predicted octanol–water partition coefficient (Wildman–Crippen LogP) is 2.49. The SMILES string of the molecule is CCC(=NNC(=O)c1ccccc1Cl)c1c(O)n(Cc2ccccc2)c(=O)[nH]c1=O. The topological polar surface area (TPSA) is 117 Å². The molecule has 0 aliphatic heterocycles. The predicted molar refractivity (Wildman–Crippen MR) is 114 cm³/mol. The molecule has 30 heavy (non-hydrogen) atoms. The number of benzene rings is 2. The molecule has 0 saturated heterocycles. The van der Waals surface area contributed by atoms with Crippen molar-refractivity contribution in [3.63, 3.8) is 0 Å². The van der Waals surface area contributed by atoms with E-state index in [1.807, 2.05) is 6.07 Å². The fourth-order valence-electron chi connectivity index (χ4n) is 2.87. The maximum Gasteiger partial charge on any atom is 0.331 e. The number of halogens is 1. The van der Waals surface area contributed by atoms with Gasteiger partial charge in [-0.05, 0) is 24.1 Å². The molecule has 1 heterocycles. The highest BCUT2D eigenvalue weighted by Gasteiger charge is 2.19. The van der Waals surface area contributed by atoms with Crippen molar-refractivity contribution in [1.82, 2.24) is 15.0 Å². The Kier molecular flexibility index (Phi) is 6.48. The lowest BCUT2D eigenvalue weighted by atomic mass is 10.1. The Morgan fingerprint density at radius 1 is 1.13 bits per heavy atom. The van der Waals surface area contributed by atoms with E-state index in [9.17, 15) is 19.5 Å². The molecule has 3 N–H and O–H groups in total. The van der Waals surface area contributed by atoms with Crippen LogP contribution in [0.25, 0.3) is 0 Å². The molecule has 0 unspecified atom stereocenters. The van der Waals surface area contributed by atoms with Crippen molar-refractivity contribution in [3.8, 4) is 5.88 Å². The zero-order valence-corrected chi connectivity index (χ0v) is 16.8. The number of aromatic hydroxyl groups is 1. The first-order valence-corrected chi connectivity index (χ1v) is 9.52. The minimum atomic E-state index is -0.797. The summed E-state index contributed by atoms with van der Waals surface area (Å²) < 4.78 is 1.03. The van der Waals surface area contributed by atoms with E-state index < -0.39 is 23.0 Å². The lowest BCUT2D eigenvalue weighted by molar-refractivity contribution is 0.0955. The van der Waals surface area contributed by atoms with E-state index >= 15 is 0 Å². The van der Waals surface area contributed by atoms with Crippen molar-refractivity contribution in [2.45, 2.75) is 19.9 Å². The van der Waals surface area contributed by atoms with Gasteiger partial charge in [-0.15, -0.1) is 0 Å². The number of hydrazone groups is 1. The van der Waals surface area contributed by atoms with Gasteiger partial charge in [-0.25, -0.2) is 10.2 Å². The highest BCUT2D eigenvalue weighted by Crippen LogP contribution is 2.16. The number of hydrogen-bond donors (Lipinski definition) is 3. The average Bonchev–Trinajstić information content (AvgIpc) is 2.74. The summed E-state index contributed by atoms with van der Waals surface area (Å²) in [4.78, 5) is 39.2. The molecule has 3 aromatic rings. The summed E-state index contributed by atoms with van der Waals surface area (Å²) in [6, 6.07) is 15.4. The third-order valence-electron chi connectivity index (χ3n) is 4.39. The van der Waals surface area contributed by atoms with Crippen LogP contribution < -0.4 is 16.7 Å². The first-order chi connectivity index (χ1) is 14.4. The number of nitrogens with one attached hydrogen (secondary N) is 2. The summed E-state index contributed by atoms with van der Waals surface area (Å²) >= 11 is 6.01. The fourth-order valence-corrected chi connectivity index (χ4v) is 3.09. The Bertz CT molecular complexity index is 1220. The van der Waals surface area contributed by atoms with E-state index in [1.54, 1.807) is 49.4 Å². The zero-order chi connectivity index (χ0) is 21.7. The van der Waals surface area contributed by atoms with Crippen molar-refractivity contribution < 1.29 is 9.90 Å². The van der Waals surface area contributed by atoms with Gasteiger partial charge in [-0.1, -0.05) is 61.0 Å². The lowest BCUT2D eigenvalue weighted by Crippen LogP contribution is -2.34. The molecule has 154 valence electrons. The highest BCUT2D eigenvalue weighted by molar-refractivity contribution is 6.33. The molecule has 2 aromatic carbocycles. The van der Waals surface area contributed by atoms with Gasteiger partial charge in [-0.3, -0.25) is 19.1 Å². The van der Waals surface area contributed by atoms with Gasteiger partial charge in [-0.2, -0.15) is 5.10 Å². The summed E-state index contributed by atoms with van der Waals surface area (Å²) in [5.74, 6) is -1.10. The Morgan fingerprint density at radius 3 is 2.47 bits per heavy atom. The normalized spacial score (nSPS) is 11.3. The number of aromatic amines is 1. The number of rotatable bonds is 6. The van der Waals surface area contributed by atoms with Gasteiger partial charge < -0.3 is 5.11 Å². The highest BCUT2D eigenvalue weighted by atomic mass is 35.5.